The van der Waals surface area contributed by atoms with Gasteiger partial charge in [0.1, 0.15) is 0 Å². The molecular formula is C15H19N. The third-order valence-corrected chi connectivity index (χ3v) is 3.49. The smallest absolute Gasteiger partial charge is 0.0646 e. The van der Waals surface area contributed by atoms with Crippen molar-refractivity contribution in [1.82, 2.24) is 0 Å². The van der Waals surface area contributed by atoms with Gasteiger partial charge in [-0.1, -0.05) is 25.2 Å². The van der Waals surface area contributed by atoms with Gasteiger partial charge in [-0.05, 0) is 54.0 Å². The lowest BCUT2D eigenvalue weighted by Gasteiger charge is -2.24. The van der Waals surface area contributed by atoms with E-state index in [0.29, 0.717) is 19.4 Å². The summed E-state index contributed by atoms with van der Waals surface area (Å²) in [6.07, 6.45) is -0.141. The summed E-state index contributed by atoms with van der Waals surface area (Å²) < 4.78 is 31.9. The molecule has 1 aliphatic heterocycles. The van der Waals surface area contributed by atoms with Gasteiger partial charge in [0.05, 0.1) is 6.54 Å². The fraction of sp³-hybridized carbons (Fsp3) is 0.533. The highest BCUT2D eigenvalue weighted by Crippen LogP contribution is 2.35. The van der Waals surface area contributed by atoms with Gasteiger partial charge in [-0.3, -0.25) is 4.99 Å². The number of aryl methyl sites for hydroxylation is 1. The van der Waals surface area contributed by atoms with E-state index >= 15 is 0 Å². The Labute approximate surface area is 103 Å². The van der Waals surface area contributed by atoms with Gasteiger partial charge in [-0.15, -0.1) is 0 Å². The predicted octanol–water partition coefficient (Wildman–Crippen LogP) is 3.98. The summed E-state index contributed by atoms with van der Waals surface area (Å²) in [4.78, 5) is 4.26. The lowest BCUT2D eigenvalue weighted by atomic mass is 9.81. The molecular weight excluding hydrogens is 194 g/mol. The second kappa shape index (κ2) is 4.04. The van der Waals surface area contributed by atoms with Gasteiger partial charge in [-0.25, -0.2) is 0 Å². The summed E-state index contributed by atoms with van der Waals surface area (Å²) in [6, 6.07) is 4.21. The molecule has 2 aliphatic rings. The largest absolute Gasteiger partial charge is 0.288 e. The highest BCUT2D eigenvalue weighted by Gasteiger charge is 2.19. The van der Waals surface area contributed by atoms with Crippen LogP contribution in [0, 0.1) is 6.92 Å². The highest BCUT2D eigenvalue weighted by atomic mass is 14.7. The molecule has 1 nitrogen and oxygen atoms in total. The first-order valence-electron chi connectivity index (χ1n) is 7.89. The molecule has 1 heterocycles. The van der Waals surface area contributed by atoms with Crippen molar-refractivity contribution in [2.45, 2.75) is 51.4 Å². The molecule has 3 rings (SSSR count). The maximum Gasteiger partial charge on any atom is 0.0646 e. The molecule has 0 unspecified atom stereocenters. The van der Waals surface area contributed by atoms with Crippen LogP contribution >= 0.6 is 0 Å². The number of nitrogens with zero attached hydrogens (tertiary/aromatic N) is 1. The van der Waals surface area contributed by atoms with E-state index in [1.165, 1.54) is 5.56 Å². The van der Waals surface area contributed by atoms with Gasteiger partial charge in [0.15, 0.2) is 0 Å². The second-order valence-corrected chi connectivity index (χ2v) is 4.66. The quantitative estimate of drug-likeness (QED) is 0.675. The molecule has 0 aromatic heterocycles. The molecule has 84 valence electrons. The van der Waals surface area contributed by atoms with Crippen molar-refractivity contribution >= 4 is 6.21 Å². The van der Waals surface area contributed by atoms with Crippen molar-refractivity contribution in [3.63, 3.8) is 0 Å². The molecule has 1 aromatic carbocycles. The number of hydrogen-bond acceptors (Lipinski definition) is 1. The number of aliphatic imine (C=N–C) groups is 1. The van der Waals surface area contributed by atoms with E-state index in [1.54, 1.807) is 0 Å². The third kappa shape index (κ3) is 1.68. The minimum Gasteiger partial charge on any atom is -0.288 e. The molecule has 0 saturated heterocycles. The molecule has 0 amide bonds. The molecule has 0 radical (unpaired) electrons. The minimum atomic E-state index is -1.42. The lowest BCUT2D eigenvalue weighted by Crippen LogP contribution is -2.07. The summed E-state index contributed by atoms with van der Waals surface area (Å²) in [7, 11) is 0. The zero-order valence-electron chi connectivity index (χ0n) is 13.6. The number of benzene rings is 1. The monoisotopic (exact) mass is 217 g/mol. The molecule has 0 spiro atoms. The van der Waals surface area contributed by atoms with Crippen molar-refractivity contribution < 1.29 is 5.48 Å². The average molecular weight is 217 g/mol. The standard InChI is InChI=1S/C15H19N/c1-11-7-13-9-16-10-14(13)8-15(11)12-5-3-2-4-6-12/h7-9,12H,2-6,10H2,1H3/i3D2,4D2. The van der Waals surface area contributed by atoms with Crippen LogP contribution < -0.4 is 0 Å². The first kappa shape index (κ1) is 6.58. The fourth-order valence-corrected chi connectivity index (χ4v) is 2.61. The van der Waals surface area contributed by atoms with Gasteiger partial charge >= 0.3 is 0 Å². The van der Waals surface area contributed by atoms with Crippen LogP contribution in [0.2, 0.25) is 0 Å². The Balaban J connectivity index is 1.97. The summed E-state index contributed by atoms with van der Waals surface area (Å²) in [6.45, 7) is 2.72. The Morgan fingerprint density at radius 2 is 2.12 bits per heavy atom. The molecule has 16 heavy (non-hydrogen) atoms. The summed E-state index contributed by atoms with van der Waals surface area (Å²) in [5.74, 6) is -0.0420. The predicted molar refractivity (Wildman–Crippen MR) is 68.3 cm³/mol. The molecule has 1 saturated carbocycles. The van der Waals surface area contributed by atoms with Gasteiger partial charge in [-0.2, -0.15) is 0 Å². The van der Waals surface area contributed by atoms with Gasteiger partial charge < -0.3 is 0 Å². The molecule has 0 atom stereocenters. The van der Waals surface area contributed by atoms with Crippen molar-refractivity contribution in [2.24, 2.45) is 4.99 Å². The Morgan fingerprint density at radius 3 is 2.94 bits per heavy atom. The Kier molecular flexibility index (Phi) is 1.66. The summed E-state index contributed by atoms with van der Waals surface area (Å²) in [5, 5.41) is 0. The van der Waals surface area contributed by atoms with E-state index in [2.05, 4.69) is 17.1 Å². The van der Waals surface area contributed by atoms with E-state index < -0.39 is 12.7 Å². The van der Waals surface area contributed by atoms with Crippen LogP contribution in [0.25, 0.3) is 0 Å². The molecule has 0 N–H and O–H groups in total. The number of fused-ring (bicyclic) bond motifs is 1. The lowest BCUT2D eigenvalue weighted by molar-refractivity contribution is 0.442. The maximum absolute atomic E-state index is 7.99. The zero-order chi connectivity index (χ0) is 14.5. The van der Waals surface area contributed by atoms with Crippen LogP contribution in [-0.4, -0.2) is 6.21 Å². The van der Waals surface area contributed by atoms with E-state index in [9.17, 15) is 0 Å². The SMILES string of the molecule is [2H]C1([2H])CC(c2cc3c(cc2C)C=NC3)CC([2H])([2H])C1. The van der Waals surface area contributed by atoms with Crippen LogP contribution in [0.15, 0.2) is 17.1 Å². The first-order valence-corrected chi connectivity index (χ1v) is 5.89. The summed E-state index contributed by atoms with van der Waals surface area (Å²) >= 11 is 0. The summed E-state index contributed by atoms with van der Waals surface area (Å²) in [5.41, 5.74) is 4.54. The molecule has 1 heteroatoms. The third-order valence-electron chi connectivity index (χ3n) is 3.49. The van der Waals surface area contributed by atoms with E-state index in [0.717, 1.165) is 16.7 Å². The van der Waals surface area contributed by atoms with Crippen LogP contribution in [-0.2, 0) is 6.54 Å². The molecule has 1 fully saturated rings. The van der Waals surface area contributed by atoms with Crippen molar-refractivity contribution in [3.8, 4) is 0 Å². The normalized spacial score (nSPS) is 30.1. The molecule has 1 aromatic rings. The van der Waals surface area contributed by atoms with E-state index in [1.807, 2.05) is 13.1 Å². The topological polar surface area (TPSA) is 12.4 Å². The van der Waals surface area contributed by atoms with Crippen molar-refractivity contribution in [1.29, 1.82) is 0 Å². The van der Waals surface area contributed by atoms with Crippen molar-refractivity contribution in [2.75, 3.05) is 0 Å². The van der Waals surface area contributed by atoms with Crippen LogP contribution in [0.3, 0.4) is 0 Å². The van der Waals surface area contributed by atoms with Gasteiger partial charge in [0, 0.05) is 11.7 Å². The van der Waals surface area contributed by atoms with Crippen LogP contribution in [0.5, 0.6) is 0 Å². The Bertz CT molecular complexity index is 561. The second-order valence-electron chi connectivity index (χ2n) is 4.66. The molecule has 1 aliphatic carbocycles. The van der Waals surface area contributed by atoms with Crippen molar-refractivity contribution in [3.05, 3.63) is 34.4 Å². The van der Waals surface area contributed by atoms with Crippen LogP contribution in [0.4, 0.5) is 0 Å². The highest BCUT2D eigenvalue weighted by molar-refractivity contribution is 5.85. The fourth-order valence-electron chi connectivity index (χ4n) is 2.61. The van der Waals surface area contributed by atoms with E-state index in [4.69, 9.17) is 5.48 Å². The number of hydrogen-bond donors (Lipinski definition) is 0. The van der Waals surface area contributed by atoms with Gasteiger partial charge in [0.2, 0.25) is 0 Å². The maximum atomic E-state index is 7.99. The van der Waals surface area contributed by atoms with Gasteiger partial charge in [0.25, 0.3) is 0 Å². The number of rotatable bonds is 1. The Hall–Kier alpha value is -1.11. The minimum absolute atomic E-state index is 0.00357. The zero-order valence-corrected chi connectivity index (χ0v) is 9.59. The van der Waals surface area contributed by atoms with E-state index in [-0.39, 0.29) is 12.3 Å². The average Bonchev–Trinajstić information content (AvgIpc) is 2.70. The molecule has 0 bridgehead atoms. The van der Waals surface area contributed by atoms with Crippen LogP contribution in [0.1, 0.15) is 65.7 Å². The first-order chi connectivity index (χ1) is 9.26. The Morgan fingerprint density at radius 1 is 1.31 bits per heavy atom.